The van der Waals surface area contributed by atoms with Crippen molar-refractivity contribution >= 4 is 17.5 Å². The van der Waals surface area contributed by atoms with Gasteiger partial charge in [-0.2, -0.15) is 0 Å². The smallest absolute Gasteiger partial charge is 0.283 e. The monoisotopic (exact) mass is 359 g/mol. The van der Waals surface area contributed by atoms with Gasteiger partial charge in [0.25, 0.3) is 5.91 Å². The Kier molecular flexibility index (Phi) is 5.61. The summed E-state index contributed by atoms with van der Waals surface area (Å²) in [6, 6.07) is 15.6. The molecule has 25 heavy (non-hydrogen) atoms. The fourth-order valence-corrected chi connectivity index (χ4v) is 3.30. The zero-order valence-electron chi connectivity index (χ0n) is 14.6. The molecule has 2 N–H and O–H groups in total. The molecule has 0 saturated heterocycles. The number of hydrogen-bond acceptors (Lipinski definition) is 2. The molecular formula is C20H24ClN2O2+. The zero-order chi connectivity index (χ0) is 17.8. The van der Waals surface area contributed by atoms with Crippen LogP contribution in [0.25, 0.3) is 0 Å². The molecule has 0 heterocycles. The van der Waals surface area contributed by atoms with E-state index in [4.69, 9.17) is 16.3 Å². The highest BCUT2D eigenvalue weighted by Gasteiger charge is 2.33. The Hall–Kier alpha value is -2.04. The zero-order valence-corrected chi connectivity index (χ0v) is 15.3. The molecule has 3 rings (SSSR count). The molecule has 1 aliphatic rings. The predicted molar refractivity (Wildman–Crippen MR) is 98.9 cm³/mol. The van der Waals surface area contributed by atoms with Crippen LogP contribution in [0.15, 0.2) is 48.5 Å². The summed E-state index contributed by atoms with van der Waals surface area (Å²) < 4.78 is 5.45. The Labute approximate surface area is 153 Å². The quantitative estimate of drug-likeness (QED) is 0.797. The molecule has 1 aliphatic carbocycles. The molecule has 1 saturated carbocycles. The SMILES string of the molecule is COc1ccc(Cl)cc1C[NH+](C)[C@H](C(=O)NC1CC1)c1ccccc1. The van der Waals surface area contributed by atoms with E-state index >= 15 is 0 Å². The molecule has 0 bridgehead atoms. The third kappa shape index (κ3) is 4.53. The first-order valence-corrected chi connectivity index (χ1v) is 8.96. The van der Waals surface area contributed by atoms with Gasteiger partial charge in [-0.15, -0.1) is 0 Å². The van der Waals surface area contributed by atoms with Gasteiger partial charge in [-0.25, -0.2) is 0 Å². The number of nitrogens with one attached hydrogen (secondary N) is 2. The minimum Gasteiger partial charge on any atom is -0.496 e. The van der Waals surface area contributed by atoms with Gasteiger partial charge in [-0.05, 0) is 31.0 Å². The van der Waals surface area contributed by atoms with Gasteiger partial charge in [0.05, 0.1) is 14.2 Å². The molecule has 4 nitrogen and oxygen atoms in total. The number of halogens is 1. The van der Waals surface area contributed by atoms with E-state index in [9.17, 15) is 4.79 Å². The summed E-state index contributed by atoms with van der Waals surface area (Å²) >= 11 is 6.15. The van der Waals surface area contributed by atoms with Crippen LogP contribution < -0.4 is 15.0 Å². The Balaban J connectivity index is 1.84. The van der Waals surface area contributed by atoms with Crippen LogP contribution in [0.5, 0.6) is 5.75 Å². The normalized spacial score (nSPS) is 16.1. The Morgan fingerprint density at radius 3 is 2.64 bits per heavy atom. The van der Waals surface area contributed by atoms with Crippen LogP contribution in [0.1, 0.15) is 30.0 Å². The van der Waals surface area contributed by atoms with Crippen molar-refractivity contribution < 1.29 is 14.4 Å². The van der Waals surface area contributed by atoms with Gasteiger partial charge in [0.2, 0.25) is 0 Å². The minimum atomic E-state index is -0.273. The van der Waals surface area contributed by atoms with Gasteiger partial charge in [-0.1, -0.05) is 41.9 Å². The largest absolute Gasteiger partial charge is 0.496 e. The minimum absolute atomic E-state index is 0.0761. The molecule has 1 fully saturated rings. The molecule has 2 aromatic rings. The summed E-state index contributed by atoms with van der Waals surface area (Å²) in [5.74, 6) is 0.866. The van der Waals surface area contributed by atoms with E-state index in [2.05, 4.69) is 5.32 Å². The Morgan fingerprint density at radius 2 is 2.00 bits per heavy atom. The van der Waals surface area contributed by atoms with E-state index in [1.165, 1.54) is 0 Å². The van der Waals surface area contributed by atoms with Gasteiger partial charge >= 0.3 is 0 Å². The van der Waals surface area contributed by atoms with Crippen molar-refractivity contribution in [2.75, 3.05) is 14.2 Å². The first-order chi connectivity index (χ1) is 12.1. The van der Waals surface area contributed by atoms with E-state index in [0.29, 0.717) is 17.6 Å². The van der Waals surface area contributed by atoms with Gasteiger partial charge in [0, 0.05) is 22.2 Å². The number of benzene rings is 2. The molecule has 132 valence electrons. The van der Waals surface area contributed by atoms with Crippen LogP contribution in [0.4, 0.5) is 0 Å². The number of ether oxygens (including phenoxy) is 1. The number of likely N-dealkylation sites (N-methyl/N-ethyl adjacent to an activating group) is 1. The molecule has 2 atom stereocenters. The highest BCUT2D eigenvalue weighted by molar-refractivity contribution is 6.30. The van der Waals surface area contributed by atoms with Gasteiger partial charge < -0.3 is 15.0 Å². The maximum atomic E-state index is 12.9. The maximum Gasteiger partial charge on any atom is 0.283 e. The number of carbonyl (C=O) groups is 1. The first kappa shape index (κ1) is 17.8. The molecule has 0 radical (unpaired) electrons. The summed E-state index contributed by atoms with van der Waals surface area (Å²) in [5, 5.41) is 3.81. The van der Waals surface area contributed by atoms with Crippen molar-refractivity contribution in [2.24, 2.45) is 0 Å². The van der Waals surface area contributed by atoms with Crippen LogP contribution >= 0.6 is 11.6 Å². The van der Waals surface area contributed by atoms with Crippen LogP contribution in [-0.4, -0.2) is 26.1 Å². The summed E-state index contributed by atoms with van der Waals surface area (Å²) in [6.07, 6.45) is 2.16. The molecule has 0 aliphatic heterocycles. The molecule has 0 aromatic heterocycles. The fourth-order valence-electron chi connectivity index (χ4n) is 3.11. The highest BCUT2D eigenvalue weighted by atomic mass is 35.5. The van der Waals surface area contributed by atoms with E-state index in [1.54, 1.807) is 7.11 Å². The summed E-state index contributed by atoms with van der Waals surface area (Å²) in [4.78, 5) is 13.9. The average Bonchev–Trinajstić information content (AvgIpc) is 3.40. The number of amides is 1. The van der Waals surface area contributed by atoms with Crippen LogP contribution in [-0.2, 0) is 11.3 Å². The van der Waals surface area contributed by atoms with Crippen molar-refractivity contribution in [3.63, 3.8) is 0 Å². The fraction of sp³-hybridized carbons (Fsp3) is 0.350. The van der Waals surface area contributed by atoms with Crippen LogP contribution in [0.2, 0.25) is 5.02 Å². The second-order valence-corrected chi connectivity index (χ2v) is 7.04. The van der Waals surface area contributed by atoms with Gasteiger partial charge in [0.1, 0.15) is 12.3 Å². The number of quaternary nitrogens is 1. The van der Waals surface area contributed by atoms with Crippen LogP contribution in [0, 0.1) is 0 Å². The number of methoxy groups -OCH3 is 1. The third-order valence-corrected chi connectivity index (χ3v) is 4.76. The third-order valence-electron chi connectivity index (χ3n) is 4.52. The maximum absolute atomic E-state index is 12.9. The van der Waals surface area contributed by atoms with E-state index < -0.39 is 0 Å². The van der Waals surface area contributed by atoms with Gasteiger partial charge in [0.15, 0.2) is 6.04 Å². The lowest BCUT2D eigenvalue weighted by atomic mass is 10.0. The van der Waals surface area contributed by atoms with Crippen molar-refractivity contribution in [1.29, 1.82) is 0 Å². The summed E-state index contributed by atoms with van der Waals surface area (Å²) in [5.41, 5.74) is 2.01. The average molecular weight is 360 g/mol. The second kappa shape index (κ2) is 7.89. The lowest BCUT2D eigenvalue weighted by Gasteiger charge is -2.25. The van der Waals surface area contributed by atoms with Gasteiger partial charge in [-0.3, -0.25) is 4.79 Å². The summed E-state index contributed by atoms with van der Waals surface area (Å²) in [6.45, 7) is 0.640. The number of carbonyl (C=O) groups excluding carboxylic acids is 1. The lowest BCUT2D eigenvalue weighted by molar-refractivity contribution is -0.916. The topological polar surface area (TPSA) is 42.8 Å². The second-order valence-electron chi connectivity index (χ2n) is 6.61. The summed E-state index contributed by atoms with van der Waals surface area (Å²) in [7, 11) is 3.68. The number of hydrogen-bond donors (Lipinski definition) is 2. The van der Waals surface area contributed by atoms with Crippen molar-refractivity contribution in [3.05, 3.63) is 64.7 Å². The molecule has 1 amide bonds. The van der Waals surface area contributed by atoms with Crippen molar-refractivity contribution in [2.45, 2.75) is 31.5 Å². The van der Waals surface area contributed by atoms with E-state index in [1.807, 2.05) is 55.6 Å². The molecule has 0 spiro atoms. The molecule has 1 unspecified atom stereocenters. The molecule has 5 heteroatoms. The van der Waals surface area contributed by atoms with E-state index in [-0.39, 0.29) is 11.9 Å². The first-order valence-electron chi connectivity index (χ1n) is 8.58. The van der Waals surface area contributed by atoms with Crippen molar-refractivity contribution in [3.8, 4) is 5.75 Å². The van der Waals surface area contributed by atoms with Crippen LogP contribution in [0.3, 0.4) is 0 Å². The molecular weight excluding hydrogens is 336 g/mol. The Morgan fingerprint density at radius 1 is 1.28 bits per heavy atom. The predicted octanol–water partition coefficient (Wildman–Crippen LogP) is 2.38. The lowest BCUT2D eigenvalue weighted by Crippen LogP contribution is -3.09. The highest BCUT2D eigenvalue weighted by Crippen LogP contribution is 2.23. The molecule has 2 aromatic carbocycles. The van der Waals surface area contributed by atoms with E-state index in [0.717, 1.165) is 34.6 Å². The number of rotatable bonds is 7. The van der Waals surface area contributed by atoms with Crippen molar-refractivity contribution in [1.82, 2.24) is 5.32 Å². The standard InChI is InChI=1S/C20H23ClN2O2/c1-23(13-15-12-16(21)8-11-18(15)25-2)19(14-6-4-3-5-7-14)20(24)22-17-9-10-17/h3-8,11-12,17,19H,9-10,13H2,1-2H3,(H,22,24)/p+1/t19-/m0/s1. The Bertz CT molecular complexity index is 732.